The molecule has 1 N–H and O–H groups in total. The van der Waals surface area contributed by atoms with Gasteiger partial charge in [-0.3, -0.25) is 14.3 Å². The lowest BCUT2D eigenvalue weighted by atomic mass is 9.91. The molecule has 1 aromatic rings. The van der Waals surface area contributed by atoms with Crippen molar-refractivity contribution in [3.8, 4) is 0 Å². The van der Waals surface area contributed by atoms with Crippen LogP contribution < -0.4 is 11.2 Å². The maximum Gasteiger partial charge on any atom is 0.330 e. The number of unbranched alkanes of at least 4 members (excludes halogenated alkanes) is 2. The van der Waals surface area contributed by atoms with Crippen LogP contribution in [0.2, 0.25) is 0 Å². The number of halogens is 1. The van der Waals surface area contributed by atoms with E-state index in [0.717, 1.165) is 25.7 Å². The molecule has 0 spiro atoms. The Morgan fingerprint density at radius 2 is 1.96 bits per heavy atom. The van der Waals surface area contributed by atoms with Crippen molar-refractivity contribution in [2.45, 2.75) is 64.4 Å². The topological polar surface area (TPSA) is 82.5 Å². The number of aromatic amines is 1. The second kappa shape index (κ2) is 10.1. The van der Waals surface area contributed by atoms with E-state index >= 15 is 0 Å². The Hall–Kier alpha value is -1.51. The highest BCUT2D eigenvalue weighted by Gasteiger charge is 2.55. The van der Waals surface area contributed by atoms with Crippen LogP contribution in [-0.2, 0) is 14.2 Å². The number of hydrogen-bond donors (Lipinski definition) is 1. The van der Waals surface area contributed by atoms with Crippen LogP contribution in [0.5, 0.6) is 0 Å². The van der Waals surface area contributed by atoms with Gasteiger partial charge in [-0.2, -0.15) is 0 Å². The van der Waals surface area contributed by atoms with Gasteiger partial charge in [-0.25, -0.2) is 9.18 Å². The standard InChI is InChI=1S/C19H31FN2O5/c1-4-6-10-25-13-19(12-20)16(26-11-7-5-2)14(3)17(27-19)22-9-8-15(23)21-18(22)24/h8-9,14,16-17H,4-7,10-13H2,1-3H3,(H,21,23,24)/t14-,16-,17+,19+/m0/s1. The Balaban J connectivity index is 2.27. The van der Waals surface area contributed by atoms with Gasteiger partial charge in [-0.1, -0.05) is 33.6 Å². The van der Waals surface area contributed by atoms with Crippen molar-refractivity contribution < 1.29 is 18.6 Å². The first kappa shape index (κ1) is 21.8. The lowest BCUT2D eigenvalue weighted by Gasteiger charge is -2.32. The quantitative estimate of drug-likeness (QED) is 0.591. The number of rotatable bonds is 11. The molecule has 0 saturated carbocycles. The summed E-state index contributed by atoms with van der Waals surface area (Å²) in [5.74, 6) is -0.295. The molecule has 0 unspecified atom stereocenters. The Morgan fingerprint density at radius 1 is 1.26 bits per heavy atom. The zero-order valence-electron chi connectivity index (χ0n) is 16.4. The molecule has 1 fully saturated rings. The van der Waals surface area contributed by atoms with Crippen LogP contribution in [0.25, 0.3) is 0 Å². The van der Waals surface area contributed by atoms with Gasteiger partial charge in [0, 0.05) is 31.4 Å². The molecule has 0 bridgehead atoms. The monoisotopic (exact) mass is 386 g/mol. The van der Waals surface area contributed by atoms with Crippen LogP contribution in [0.3, 0.4) is 0 Å². The van der Waals surface area contributed by atoms with Gasteiger partial charge in [0.15, 0.2) is 0 Å². The second-order valence-corrected chi connectivity index (χ2v) is 7.13. The highest BCUT2D eigenvalue weighted by molar-refractivity contribution is 5.01. The number of H-pyrrole nitrogens is 1. The molecule has 7 nitrogen and oxygen atoms in total. The van der Waals surface area contributed by atoms with Crippen LogP contribution in [-0.4, -0.2) is 47.8 Å². The maximum absolute atomic E-state index is 14.2. The molecular formula is C19H31FN2O5. The first-order valence-electron chi connectivity index (χ1n) is 9.73. The van der Waals surface area contributed by atoms with E-state index in [1.165, 1.54) is 16.8 Å². The minimum absolute atomic E-state index is 0.0548. The fourth-order valence-electron chi connectivity index (χ4n) is 3.39. The molecule has 0 aromatic carbocycles. The van der Waals surface area contributed by atoms with Gasteiger partial charge in [-0.15, -0.1) is 0 Å². The van der Waals surface area contributed by atoms with E-state index in [9.17, 15) is 14.0 Å². The Bertz CT molecular complexity index is 691. The molecule has 2 heterocycles. The largest absolute Gasteiger partial charge is 0.378 e. The molecule has 1 saturated heterocycles. The average molecular weight is 386 g/mol. The molecular weight excluding hydrogens is 355 g/mol. The van der Waals surface area contributed by atoms with Crippen LogP contribution in [0.4, 0.5) is 4.39 Å². The van der Waals surface area contributed by atoms with Crippen molar-refractivity contribution in [1.82, 2.24) is 9.55 Å². The van der Waals surface area contributed by atoms with Crippen LogP contribution in [0.15, 0.2) is 21.9 Å². The fraction of sp³-hybridized carbons (Fsp3) is 0.789. The zero-order valence-corrected chi connectivity index (χ0v) is 16.4. The van der Waals surface area contributed by atoms with Crippen molar-refractivity contribution in [3.63, 3.8) is 0 Å². The highest BCUT2D eigenvalue weighted by atomic mass is 19.1. The summed E-state index contributed by atoms with van der Waals surface area (Å²) >= 11 is 0. The van der Waals surface area contributed by atoms with E-state index in [1.54, 1.807) is 0 Å². The summed E-state index contributed by atoms with van der Waals surface area (Å²) in [4.78, 5) is 25.8. The Labute approximate surface area is 158 Å². The van der Waals surface area contributed by atoms with E-state index in [1.807, 2.05) is 6.92 Å². The maximum atomic E-state index is 14.2. The minimum Gasteiger partial charge on any atom is -0.378 e. The van der Waals surface area contributed by atoms with Gasteiger partial charge >= 0.3 is 5.69 Å². The first-order chi connectivity index (χ1) is 13.0. The smallest absolute Gasteiger partial charge is 0.330 e. The lowest BCUT2D eigenvalue weighted by molar-refractivity contribution is -0.160. The predicted molar refractivity (Wildman–Crippen MR) is 99.7 cm³/mol. The van der Waals surface area contributed by atoms with Gasteiger partial charge < -0.3 is 14.2 Å². The summed E-state index contributed by atoms with van der Waals surface area (Å²) in [6.45, 7) is 6.24. The number of alkyl halides is 1. The SMILES string of the molecule is CCCCOC[C@@]1(CF)O[C@@H](n2ccc(=O)[nH]c2=O)[C@@H](C)[C@@H]1OCCCC. The third kappa shape index (κ3) is 5.06. The molecule has 27 heavy (non-hydrogen) atoms. The van der Waals surface area contributed by atoms with E-state index in [-0.39, 0.29) is 12.5 Å². The molecule has 8 heteroatoms. The number of hydrogen-bond acceptors (Lipinski definition) is 5. The van der Waals surface area contributed by atoms with Crippen molar-refractivity contribution in [3.05, 3.63) is 33.1 Å². The first-order valence-corrected chi connectivity index (χ1v) is 9.73. The van der Waals surface area contributed by atoms with Gasteiger partial charge in [0.25, 0.3) is 5.56 Å². The Kier molecular flexibility index (Phi) is 8.19. The number of aromatic nitrogens is 2. The van der Waals surface area contributed by atoms with Gasteiger partial charge in [-0.05, 0) is 12.8 Å². The van der Waals surface area contributed by atoms with Crippen molar-refractivity contribution >= 4 is 0 Å². The summed E-state index contributed by atoms with van der Waals surface area (Å²) in [7, 11) is 0. The van der Waals surface area contributed by atoms with E-state index < -0.39 is 35.9 Å². The van der Waals surface area contributed by atoms with Crippen LogP contribution in [0, 0.1) is 5.92 Å². The minimum atomic E-state index is -1.28. The van der Waals surface area contributed by atoms with Crippen molar-refractivity contribution in [2.75, 3.05) is 26.5 Å². The molecule has 154 valence electrons. The lowest BCUT2D eigenvalue weighted by Crippen LogP contribution is -2.49. The third-order valence-corrected chi connectivity index (χ3v) is 4.94. The van der Waals surface area contributed by atoms with Crippen LogP contribution in [0.1, 0.15) is 52.7 Å². The second-order valence-electron chi connectivity index (χ2n) is 7.13. The van der Waals surface area contributed by atoms with Crippen molar-refractivity contribution in [2.24, 2.45) is 5.92 Å². The molecule has 1 aliphatic heterocycles. The summed E-state index contributed by atoms with van der Waals surface area (Å²) in [5.41, 5.74) is -2.35. The molecule has 0 aliphatic carbocycles. The van der Waals surface area contributed by atoms with Gasteiger partial charge in [0.2, 0.25) is 0 Å². The molecule has 4 atom stereocenters. The van der Waals surface area contributed by atoms with E-state index in [0.29, 0.717) is 13.2 Å². The summed E-state index contributed by atoms with van der Waals surface area (Å²) in [5, 5.41) is 0. The van der Waals surface area contributed by atoms with E-state index in [4.69, 9.17) is 14.2 Å². The van der Waals surface area contributed by atoms with E-state index in [2.05, 4.69) is 18.8 Å². The molecule has 1 aliphatic rings. The fourth-order valence-corrected chi connectivity index (χ4v) is 3.39. The molecule has 0 radical (unpaired) electrons. The molecule has 0 amide bonds. The van der Waals surface area contributed by atoms with Gasteiger partial charge in [0.05, 0.1) is 12.7 Å². The molecule has 1 aromatic heterocycles. The predicted octanol–water partition coefficient (Wildman–Crippen LogP) is 2.41. The summed E-state index contributed by atoms with van der Waals surface area (Å²) in [6.07, 6.45) is 3.74. The average Bonchev–Trinajstić information content (AvgIpc) is 2.92. The molecule has 2 rings (SSSR count). The van der Waals surface area contributed by atoms with Crippen LogP contribution >= 0.6 is 0 Å². The normalized spacial score (nSPS) is 27.9. The highest BCUT2D eigenvalue weighted by Crippen LogP contribution is 2.43. The van der Waals surface area contributed by atoms with Gasteiger partial charge in [0.1, 0.15) is 18.5 Å². The zero-order chi connectivity index (χ0) is 19.9. The number of nitrogens with zero attached hydrogens (tertiary/aromatic N) is 1. The van der Waals surface area contributed by atoms with Crippen molar-refractivity contribution in [1.29, 1.82) is 0 Å². The number of nitrogens with one attached hydrogen (secondary N) is 1. The summed E-state index contributed by atoms with van der Waals surface area (Å²) < 4.78 is 33.2. The Morgan fingerprint density at radius 3 is 2.59 bits per heavy atom. The third-order valence-electron chi connectivity index (χ3n) is 4.94. The summed E-state index contributed by atoms with van der Waals surface area (Å²) in [6, 6.07) is 1.25. The number of ether oxygens (including phenoxy) is 3.